The molecular formula is C26H50O. The quantitative estimate of drug-likeness (QED) is 0.135. The summed E-state index contributed by atoms with van der Waals surface area (Å²) >= 11 is 0. The summed E-state index contributed by atoms with van der Waals surface area (Å²) < 4.78 is 0. The van der Waals surface area contributed by atoms with Crippen molar-refractivity contribution in [2.75, 3.05) is 0 Å². The first-order valence-corrected chi connectivity index (χ1v) is 12.5. The van der Waals surface area contributed by atoms with Gasteiger partial charge in [0.15, 0.2) is 0 Å². The van der Waals surface area contributed by atoms with Crippen LogP contribution in [0, 0.1) is 0 Å². The molecule has 0 radical (unpaired) electrons. The molecule has 27 heavy (non-hydrogen) atoms. The Kier molecular flexibility index (Phi) is 22.9. The molecule has 0 saturated heterocycles. The molecule has 160 valence electrons. The molecule has 0 heterocycles. The monoisotopic (exact) mass is 378 g/mol. The number of rotatable bonds is 22. The predicted octanol–water partition coefficient (Wildman–Crippen LogP) is 9.34. The highest BCUT2D eigenvalue weighted by molar-refractivity contribution is 5.78. The number of hydrogen-bond acceptors (Lipinski definition) is 1. The molecule has 0 amide bonds. The molecule has 0 rings (SSSR count). The van der Waals surface area contributed by atoms with Crippen LogP contribution in [-0.4, -0.2) is 5.78 Å². The van der Waals surface area contributed by atoms with Gasteiger partial charge in [0.2, 0.25) is 0 Å². The third-order valence-corrected chi connectivity index (χ3v) is 5.53. The lowest BCUT2D eigenvalue weighted by atomic mass is 10.0. The maximum Gasteiger partial charge on any atom is 0.132 e. The highest BCUT2D eigenvalue weighted by Crippen LogP contribution is 2.12. The minimum atomic E-state index is 0.499. The first-order valence-electron chi connectivity index (χ1n) is 12.5. The van der Waals surface area contributed by atoms with Crippen LogP contribution in [0.15, 0.2) is 12.2 Å². The van der Waals surface area contributed by atoms with Crippen molar-refractivity contribution in [3.8, 4) is 0 Å². The van der Waals surface area contributed by atoms with E-state index in [0.717, 1.165) is 25.7 Å². The molecular weight excluding hydrogens is 328 g/mol. The molecule has 0 spiro atoms. The summed E-state index contributed by atoms with van der Waals surface area (Å²) in [5, 5.41) is 0. The van der Waals surface area contributed by atoms with Gasteiger partial charge in [0.25, 0.3) is 0 Å². The van der Waals surface area contributed by atoms with Crippen molar-refractivity contribution in [3.63, 3.8) is 0 Å². The fraction of sp³-hybridized carbons (Fsp3) is 0.885. The van der Waals surface area contributed by atoms with Crippen molar-refractivity contribution >= 4 is 5.78 Å². The molecule has 0 aliphatic heterocycles. The van der Waals surface area contributed by atoms with Gasteiger partial charge in [-0.3, -0.25) is 4.79 Å². The van der Waals surface area contributed by atoms with Crippen LogP contribution >= 0.6 is 0 Å². The van der Waals surface area contributed by atoms with E-state index < -0.39 is 0 Å². The van der Waals surface area contributed by atoms with Gasteiger partial charge in [-0.05, 0) is 38.5 Å². The van der Waals surface area contributed by atoms with E-state index in [-0.39, 0.29) is 0 Å². The van der Waals surface area contributed by atoms with Crippen LogP contribution in [0.4, 0.5) is 0 Å². The van der Waals surface area contributed by atoms with Gasteiger partial charge < -0.3 is 0 Å². The van der Waals surface area contributed by atoms with Gasteiger partial charge in [0, 0.05) is 12.8 Å². The normalized spacial score (nSPS) is 11.5. The summed E-state index contributed by atoms with van der Waals surface area (Å²) in [7, 11) is 0. The standard InChI is InChI=1S/C26H50O/c1-3-5-7-9-10-11-12-13-14-15-16-17-18-19-20-21-23-25-26(27)24-22-8-6-4-2/h13-14H,3-12,15-25H2,1-2H3/b14-13-. The lowest BCUT2D eigenvalue weighted by Gasteiger charge is -2.02. The summed E-state index contributed by atoms with van der Waals surface area (Å²) in [5.41, 5.74) is 0. The second-order valence-corrected chi connectivity index (χ2v) is 8.39. The number of carbonyl (C=O) groups excluding carboxylic acids is 1. The van der Waals surface area contributed by atoms with Gasteiger partial charge in [-0.15, -0.1) is 0 Å². The minimum Gasteiger partial charge on any atom is -0.300 e. The molecule has 0 aromatic carbocycles. The molecule has 0 aromatic heterocycles. The molecule has 0 fully saturated rings. The molecule has 0 saturated carbocycles. The Morgan fingerprint density at radius 1 is 0.481 bits per heavy atom. The zero-order valence-electron chi connectivity index (χ0n) is 18.9. The smallest absolute Gasteiger partial charge is 0.132 e. The van der Waals surface area contributed by atoms with Crippen LogP contribution in [0.1, 0.15) is 149 Å². The first-order chi connectivity index (χ1) is 13.3. The van der Waals surface area contributed by atoms with Crippen molar-refractivity contribution in [1.29, 1.82) is 0 Å². The Morgan fingerprint density at radius 2 is 0.815 bits per heavy atom. The number of allylic oxidation sites excluding steroid dienone is 2. The summed E-state index contributed by atoms with van der Waals surface area (Å²) in [6.07, 6.45) is 31.4. The summed E-state index contributed by atoms with van der Waals surface area (Å²) in [6, 6.07) is 0. The third kappa shape index (κ3) is 23.4. The molecule has 0 aliphatic rings. The number of ketones is 1. The highest BCUT2D eigenvalue weighted by Gasteiger charge is 2.01. The van der Waals surface area contributed by atoms with Crippen LogP contribution in [0.2, 0.25) is 0 Å². The highest BCUT2D eigenvalue weighted by atomic mass is 16.1. The molecule has 1 heteroatoms. The van der Waals surface area contributed by atoms with Crippen molar-refractivity contribution < 1.29 is 4.79 Å². The summed E-state index contributed by atoms with van der Waals surface area (Å²) in [6.45, 7) is 4.50. The Bertz CT molecular complexity index is 318. The van der Waals surface area contributed by atoms with E-state index in [9.17, 15) is 4.79 Å². The Balaban J connectivity index is 3.16. The van der Waals surface area contributed by atoms with E-state index in [0.29, 0.717) is 5.78 Å². The van der Waals surface area contributed by atoms with Crippen molar-refractivity contribution in [3.05, 3.63) is 12.2 Å². The molecule has 1 nitrogen and oxygen atoms in total. The number of hydrogen-bond donors (Lipinski definition) is 0. The average molecular weight is 379 g/mol. The molecule has 0 bridgehead atoms. The van der Waals surface area contributed by atoms with E-state index in [1.807, 2.05) is 0 Å². The van der Waals surface area contributed by atoms with Crippen molar-refractivity contribution in [1.82, 2.24) is 0 Å². The average Bonchev–Trinajstić information content (AvgIpc) is 2.67. The van der Waals surface area contributed by atoms with E-state index in [1.54, 1.807) is 0 Å². The van der Waals surface area contributed by atoms with Crippen molar-refractivity contribution in [2.45, 2.75) is 149 Å². The van der Waals surface area contributed by atoms with E-state index in [4.69, 9.17) is 0 Å². The lowest BCUT2D eigenvalue weighted by Crippen LogP contribution is -1.97. The fourth-order valence-corrected chi connectivity index (χ4v) is 3.62. The topological polar surface area (TPSA) is 17.1 Å². The number of unbranched alkanes of at least 4 members (excludes halogenated alkanes) is 16. The van der Waals surface area contributed by atoms with Crippen LogP contribution < -0.4 is 0 Å². The molecule has 0 atom stereocenters. The van der Waals surface area contributed by atoms with Crippen LogP contribution in [0.3, 0.4) is 0 Å². The predicted molar refractivity (Wildman–Crippen MR) is 122 cm³/mol. The minimum absolute atomic E-state index is 0.499. The Morgan fingerprint density at radius 3 is 1.26 bits per heavy atom. The zero-order chi connectivity index (χ0) is 19.8. The van der Waals surface area contributed by atoms with Crippen LogP contribution in [0.5, 0.6) is 0 Å². The largest absolute Gasteiger partial charge is 0.300 e. The van der Waals surface area contributed by atoms with Crippen LogP contribution in [-0.2, 0) is 4.79 Å². The van der Waals surface area contributed by atoms with Gasteiger partial charge in [0.1, 0.15) is 5.78 Å². The van der Waals surface area contributed by atoms with Crippen molar-refractivity contribution in [2.24, 2.45) is 0 Å². The summed E-state index contributed by atoms with van der Waals surface area (Å²) in [4.78, 5) is 11.8. The van der Waals surface area contributed by atoms with E-state index >= 15 is 0 Å². The number of Topliss-reactive ketones (excluding diaryl/α,β-unsaturated/α-hetero) is 1. The number of carbonyl (C=O) groups is 1. The Hall–Kier alpha value is -0.590. The van der Waals surface area contributed by atoms with Gasteiger partial charge in [0.05, 0.1) is 0 Å². The lowest BCUT2D eigenvalue weighted by molar-refractivity contribution is -0.119. The van der Waals surface area contributed by atoms with Crippen LogP contribution in [0.25, 0.3) is 0 Å². The molecule has 0 aromatic rings. The Labute approximate surface area is 171 Å². The molecule has 0 aliphatic carbocycles. The molecule has 0 unspecified atom stereocenters. The second kappa shape index (κ2) is 23.4. The maximum absolute atomic E-state index is 11.8. The SMILES string of the molecule is CCCCCCCC/C=C\CCCCCCCCCC(=O)CCCCCC. The van der Waals surface area contributed by atoms with Gasteiger partial charge in [-0.2, -0.15) is 0 Å². The first kappa shape index (κ1) is 26.4. The van der Waals surface area contributed by atoms with Gasteiger partial charge >= 0.3 is 0 Å². The molecule has 0 N–H and O–H groups in total. The summed E-state index contributed by atoms with van der Waals surface area (Å²) in [5.74, 6) is 0.499. The van der Waals surface area contributed by atoms with Gasteiger partial charge in [-0.1, -0.05) is 109 Å². The fourth-order valence-electron chi connectivity index (χ4n) is 3.62. The maximum atomic E-state index is 11.8. The second-order valence-electron chi connectivity index (χ2n) is 8.39. The van der Waals surface area contributed by atoms with E-state index in [2.05, 4.69) is 26.0 Å². The van der Waals surface area contributed by atoms with Gasteiger partial charge in [-0.25, -0.2) is 0 Å². The third-order valence-electron chi connectivity index (χ3n) is 5.53. The van der Waals surface area contributed by atoms with E-state index in [1.165, 1.54) is 109 Å². The zero-order valence-corrected chi connectivity index (χ0v) is 18.9.